The third-order valence-electron chi connectivity index (χ3n) is 4.55. The van der Waals surface area contributed by atoms with Crippen LogP contribution in [0.25, 0.3) is 11.4 Å². The van der Waals surface area contributed by atoms with Crippen molar-refractivity contribution in [3.8, 4) is 11.4 Å². The highest BCUT2D eigenvalue weighted by molar-refractivity contribution is 7.88. The zero-order valence-electron chi connectivity index (χ0n) is 14.7. The van der Waals surface area contributed by atoms with Crippen molar-refractivity contribution < 1.29 is 12.9 Å². The molecule has 140 valence electrons. The molecule has 0 spiro atoms. The van der Waals surface area contributed by atoms with E-state index in [4.69, 9.17) is 16.1 Å². The molecule has 27 heavy (non-hydrogen) atoms. The Kier molecular flexibility index (Phi) is 4.75. The van der Waals surface area contributed by atoms with Crippen LogP contribution >= 0.6 is 11.6 Å². The van der Waals surface area contributed by atoms with E-state index in [1.807, 2.05) is 43.3 Å². The number of hydrogen-bond acceptors (Lipinski definition) is 5. The Morgan fingerprint density at radius 1 is 1.19 bits per heavy atom. The van der Waals surface area contributed by atoms with E-state index in [-0.39, 0.29) is 11.7 Å². The molecule has 0 amide bonds. The quantitative estimate of drug-likeness (QED) is 0.650. The number of nitrogens with zero attached hydrogens (tertiary/aromatic N) is 3. The first-order valence-electron chi connectivity index (χ1n) is 8.53. The molecular weight excluding hydrogens is 386 g/mol. The normalized spacial score (nSPS) is 15.6. The number of aryl methyl sites for hydroxylation is 1. The lowest BCUT2D eigenvalue weighted by Crippen LogP contribution is -2.48. The first-order valence-corrected chi connectivity index (χ1v) is 10.5. The number of hydrogen-bond donors (Lipinski definition) is 0. The molecule has 0 atom stereocenters. The van der Waals surface area contributed by atoms with Crippen LogP contribution in [0.15, 0.2) is 53.1 Å². The summed E-state index contributed by atoms with van der Waals surface area (Å²) >= 11 is 5.99. The molecule has 8 heteroatoms. The van der Waals surface area contributed by atoms with Crippen molar-refractivity contribution in [3.63, 3.8) is 0 Å². The molecule has 0 unspecified atom stereocenters. The maximum atomic E-state index is 12.6. The van der Waals surface area contributed by atoms with Crippen molar-refractivity contribution >= 4 is 21.6 Å². The first-order chi connectivity index (χ1) is 12.9. The van der Waals surface area contributed by atoms with Crippen LogP contribution in [0.2, 0.25) is 5.02 Å². The van der Waals surface area contributed by atoms with Crippen molar-refractivity contribution in [1.29, 1.82) is 0 Å². The fourth-order valence-corrected chi connectivity index (χ4v) is 4.86. The predicted molar refractivity (Wildman–Crippen MR) is 103 cm³/mol. The van der Waals surface area contributed by atoms with Gasteiger partial charge in [-0.3, -0.25) is 0 Å². The minimum absolute atomic E-state index is 0.000994. The maximum Gasteiger partial charge on any atom is 0.232 e. The van der Waals surface area contributed by atoms with E-state index in [0.717, 1.165) is 16.7 Å². The van der Waals surface area contributed by atoms with Crippen LogP contribution in [0.1, 0.15) is 22.9 Å². The standard InChI is InChI=1S/C19H18ClN3O3S/c1-13-4-2-5-14(8-13)12-27(24,25)23-10-16(11-23)19-21-18(22-26-19)15-6-3-7-17(20)9-15/h2-9,16H,10-12H2,1H3. The third-order valence-corrected chi connectivity index (χ3v) is 6.56. The second-order valence-electron chi connectivity index (χ2n) is 6.73. The highest BCUT2D eigenvalue weighted by Crippen LogP contribution is 2.31. The van der Waals surface area contributed by atoms with Crippen molar-refractivity contribution in [2.45, 2.75) is 18.6 Å². The van der Waals surface area contributed by atoms with Gasteiger partial charge in [-0.1, -0.05) is 58.7 Å². The van der Waals surface area contributed by atoms with Gasteiger partial charge >= 0.3 is 0 Å². The second kappa shape index (κ2) is 7.07. The monoisotopic (exact) mass is 403 g/mol. The van der Waals surface area contributed by atoms with Gasteiger partial charge in [-0.2, -0.15) is 9.29 Å². The van der Waals surface area contributed by atoms with Crippen molar-refractivity contribution in [2.24, 2.45) is 0 Å². The zero-order valence-corrected chi connectivity index (χ0v) is 16.2. The van der Waals surface area contributed by atoms with Gasteiger partial charge in [-0.15, -0.1) is 0 Å². The minimum atomic E-state index is -3.36. The molecule has 2 heterocycles. The summed E-state index contributed by atoms with van der Waals surface area (Å²) in [6.07, 6.45) is 0. The van der Waals surface area contributed by atoms with E-state index in [2.05, 4.69) is 10.1 Å². The lowest BCUT2D eigenvalue weighted by Gasteiger charge is -2.35. The molecule has 4 rings (SSSR count). The molecule has 3 aromatic rings. The van der Waals surface area contributed by atoms with Gasteiger partial charge < -0.3 is 4.52 Å². The molecule has 0 aliphatic carbocycles. The average molecular weight is 404 g/mol. The summed E-state index contributed by atoms with van der Waals surface area (Å²) < 4.78 is 32.0. The topological polar surface area (TPSA) is 76.3 Å². The highest BCUT2D eigenvalue weighted by Gasteiger charge is 2.39. The summed E-state index contributed by atoms with van der Waals surface area (Å²) in [6.45, 7) is 2.65. The SMILES string of the molecule is Cc1cccc(CS(=O)(=O)N2CC(c3nc(-c4cccc(Cl)c4)no3)C2)c1. The summed E-state index contributed by atoms with van der Waals surface area (Å²) in [4.78, 5) is 4.40. The van der Waals surface area contributed by atoms with Gasteiger partial charge in [0.1, 0.15) is 0 Å². The zero-order chi connectivity index (χ0) is 19.0. The van der Waals surface area contributed by atoms with Gasteiger partial charge in [-0.25, -0.2) is 8.42 Å². The predicted octanol–water partition coefficient (Wildman–Crippen LogP) is 3.63. The van der Waals surface area contributed by atoms with Crippen molar-refractivity contribution in [2.75, 3.05) is 13.1 Å². The van der Waals surface area contributed by atoms with E-state index < -0.39 is 10.0 Å². The highest BCUT2D eigenvalue weighted by atomic mass is 35.5. The van der Waals surface area contributed by atoms with Crippen LogP contribution in [0.5, 0.6) is 0 Å². The number of rotatable bonds is 5. The van der Waals surface area contributed by atoms with Crippen LogP contribution < -0.4 is 0 Å². The lowest BCUT2D eigenvalue weighted by molar-refractivity contribution is 0.216. The number of benzene rings is 2. The smallest absolute Gasteiger partial charge is 0.232 e. The molecule has 6 nitrogen and oxygen atoms in total. The van der Waals surface area contributed by atoms with Crippen LogP contribution in [0.4, 0.5) is 0 Å². The summed E-state index contributed by atoms with van der Waals surface area (Å²) in [7, 11) is -3.36. The van der Waals surface area contributed by atoms with Gasteiger partial charge in [0.25, 0.3) is 0 Å². The van der Waals surface area contributed by atoms with E-state index >= 15 is 0 Å². The largest absolute Gasteiger partial charge is 0.339 e. The molecule has 1 aliphatic heterocycles. The molecule has 1 saturated heterocycles. The van der Waals surface area contributed by atoms with Crippen LogP contribution in [-0.2, 0) is 15.8 Å². The van der Waals surface area contributed by atoms with Crippen molar-refractivity contribution in [3.05, 3.63) is 70.6 Å². The van der Waals surface area contributed by atoms with Gasteiger partial charge in [-0.05, 0) is 24.6 Å². The van der Waals surface area contributed by atoms with E-state index in [1.165, 1.54) is 4.31 Å². The van der Waals surface area contributed by atoms with Crippen LogP contribution in [-0.4, -0.2) is 36.0 Å². The Labute approximate surface area is 162 Å². The summed E-state index contributed by atoms with van der Waals surface area (Å²) in [5, 5.41) is 4.58. The minimum Gasteiger partial charge on any atom is -0.339 e. The van der Waals surface area contributed by atoms with E-state index in [1.54, 1.807) is 12.1 Å². The molecule has 1 aromatic heterocycles. The molecule has 0 radical (unpaired) electrons. The van der Waals surface area contributed by atoms with Gasteiger partial charge in [0.15, 0.2) is 0 Å². The molecule has 1 fully saturated rings. The molecule has 2 aromatic carbocycles. The fraction of sp³-hybridized carbons (Fsp3) is 0.263. The Bertz CT molecular complexity index is 1080. The van der Waals surface area contributed by atoms with Crippen LogP contribution in [0.3, 0.4) is 0 Å². The second-order valence-corrected chi connectivity index (χ2v) is 9.13. The van der Waals surface area contributed by atoms with E-state index in [0.29, 0.717) is 29.8 Å². The molecule has 0 saturated carbocycles. The van der Waals surface area contributed by atoms with Gasteiger partial charge in [0, 0.05) is 23.7 Å². The molecule has 0 bridgehead atoms. The maximum absolute atomic E-state index is 12.6. The average Bonchev–Trinajstić information content (AvgIpc) is 3.02. The molecular formula is C19H18ClN3O3S. The third kappa shape index (κ3) is 3.90. The van der Waals surface area contributed by atoms with Gasteiger partial charge in [0.05, 0.1) is 11.7 Å². The van der Waals surface area contributed by atoms with Crippen molar-refractivity contribution in [1.82, 2.24) is 14.4 Å². The summed E-state index contributed by atoms with van der Waals surface area (Å²) in [5.41, 5.74) is 2.60. The Morgan fingerprint density at radius 3 is 2.70 bits per heavy atom. The Hall–Kier alpha value is -2.22. The molecule has 1 aliphatic rings. The van der Waals surface area contributed by atoms with Crippen LogP contribution in [0, 0.1) is 6.92 Å². The summed E-state index contributed by atoms with van der Waals surface area (Å²) in [6, 6.07) is 14.7. The number of aromatic nitrogens is 2. The van der Waals surface area contributed by atoms with Gasteiger partial charge in [0.2, 0.25) is 21.7 Å². The molecule has 0 N–H and O–H groups in total. The Balaban J connectivity index is 1.42. The number of halogens is 1. The first kappa shape index (κ1) is 18.2. The van der Waals surface area contributed by atoms with E-state index in [9.17, 15) is 8.42 Å². The lowest BCUT2D eigenvalue weighted by atomic mass is 10.0. The fourth-order valence-electron chi connectivity index (χ4n) is 3.07. The summed E-state index contributed by atoms with van der Waals surface area (Å²) in [5.74, 6) is 0.817. The number of sulfonamides is 1. The Morgan fingerprint density at radius 2 is 1.96 bits per heavy atom.